The first-order chi connectivity index (χ1) is 16.7. The Labute approximate surface area is 210 Å². The van der Waals surface area contributed by atoms with Gasteiger partial charge in [-0.3, -0.25) is 18.6 Å². The van der Waals surface area contributed by atoms with Crippen molar-refractivity contribution in [1.82, 2.24) is 0 Å². The van der Waals surface area contributed by atoms with Crippen LogP contribution in [0.5, 0.6) is 0 Å². The molecule has 0 spiro atoms. The van der Waals surface area contributed by atoms with E-state index in [9.17, 15) is 24.2 Å². The number of hydrogen-bond donors (Lipinski definition) is 3. The van der Waals surface area contributed by atoms with Gasteiger partial charge in [-0.2, -0.15) is 0 Å². The summed E-state index contributed by atoms with van der Waals surface area (Å²) in [6, 6.07) is 0. The molecule has 0 aromatic carbocycles. The van der Waals surface area contributed by atoms with Gasteiger partial charge in [0.2, 0.25) is 0 Å². The summed E-state index contributed by atoms with van der Waals surface area (Å²) in [6.07, 6.45) is 10.2. The monoisotopic (exact) mass is 526 g/mol. The molecule has 0 radical (unpaired) electrons. The third-order valence-corrected chi connectivity index (χ3v) is 6.21. The summed E-state index contributed by atoms with van der Waals surface area (Å²) in [7, 11) is -4.58. The van der Waals surface area contributed by atoms with Crippen molar-refractivity contribution in [2.75, 3.05) is 26.4 Å². The Kier molecular flexibility index (Phi) is 21.5. The third-order valence-electron chi connectivity index (χ3n) is 5.26. The van der Waals surface area contributed by atoms with Crippen molar-refractivity contribution in [3.05, 3.63) is 0 Å². The van der Waals surface area contributed by atoms with E-state index in [1.165, 1.54) is 19.3 Å². The Morgan fingerprint density at radius 2 is 1.23 bits per heavy atom. The van der Waals surface area contributed by atoms with Crippen LogP contribution in [0.2, 0.25) is 0 Å². The molecule has 10 nitrogen and oxygen atoms in total. The maximum Gasteiger partial charge on any atom is 0.472 e. The zero-order valence-corrected chi connectivity index (χ0v) is 22.4. The van der Waals surface area contributed by atoms with Crippen molar-refractivity contribution in [3.8, 4) is 0 Å². The number of aliphatic hydroxyl groups is 2. The zero-order chi connectivity index (χ0) is 26.4. The van der Waals surface area contributed by atoms with Gasteiger partial charge in [-0.25, -0.2) is 4.57 Å². The second-order valence-electron chi connectivity index (χ2n) is 8.73. The van der Waals surface area contributed by atoms with Crippen molar-refractivity contribution in [3.63, 3.8) is 0 Å². The SMILES string of the molecule is CCCCCCCCCC(=O)O[C@H](COC(=O)CCCCCCC)COP(=O)(O)OC[C@@H](O)CO. The average molecular weight is 527 g/mol. The minimum Gasteiger partial charge on any atom is -0.462 e. The highest BCUT2D eigenvalue weighted by Crippen LogP contribution is 2.43. The summed E-state index contributed by atoms with van der Waals surface area (Å²) in [5.74, 6) is -0.948. The second-order valence-corrected chi connectivity index (χ2v) is 10.2. The minimum atomic E-state index is -4.58. The normalized spacial score (nSPS) is 14.8. The van der Waals surface area contributed by atoms with E-state index in [0.29, 0.717) is 12.8 Å². The first-order valence-corrected chi connectivity index (χ1v) is 14.5. The lowest BCUT2D eigenvalue weighted by Crippen LogP contribution is -2.29. The molecule has 0 aliphatic rings. The molecule has 0 saturated heterocycles. The molecule has 0 aliphatic heterocycles. The Balaban J connectivity index is 4.57. The summed E-state index contributed by atoms with van der Waals surface area (Å²) in [5, 5.41) is 18.0. The standard InChI is InChI=1S/C24H47O10P/c1-3-5-7-9-10-12-14-16-24(28)34-22(19-31-23(27)15-13-11-8-6-4-2)20-33-35(29,30)32-18-21(26)17-25/h21-22,25-26H,3-20H2,1-2H3,(H,29,30)/t21-,22+/m0/s1. The van der Waals surface area contributed by atoms with E-state index in [0.717, 1.165) is 44.9 Å². The van der Waals surface area contributed by atoms with Gasteiger partial charge >= 0.3 is 19.8 Å². The number of ether oxygens (including phenoxy) is 2. The molecule has 0 aromatic rings. The molecule has 3 atom stereocenters. The first-order valence-electron chi connectivity index (χ1n) is 13.0. The topological polar surface area (TPSA) is 149 Å². The van der Waals surface area contributed by atoms with Crippen LogP contribution in [0.25, 0.3) is 0 Å². The van der Waals surface area contributed by atoms with Crippen LogP contribution in [0.4, 0.5) is 0 Å². The van der Waals surface area contributed by atoms with E-state index in [4.69, 9.17) is 19.1 Å². The average Bonchev–Trinajstić information content (AvgIpc) is 2.83. The molecule has 0 rings (SSSR count). The predicted molar refractivity (Wildman–Crippen MR) is 132 cm³/mol. The van der Waals surface area contributed by atoms with E-state index in [-0.39, 0.29) is 19.4 Å². The molecular weight excluding hydrogens is 479 g/mol. The van der Waals surface area contributed by atoms with Gasteiger partial charge in [-0.1, -0.05) is 78.1 Å². The Bertz CT molecular complexity index is 587. The molecule has 0 aromatic heterocycles. The lowest BCUT2D eigenvalue weighted by atomic mass is 10.1. The van der Waals surface area contributed by atoms with Crippen LogP contribution in [0.3, 0.4) is 0 Å². The van der Waals surface area contributed by atoms with Crippen LogP contribution in [0, 0.1) is 0 Å². The van der Waals surface area contributed by atoms with Crippen LogP contribution in [0.15, 0.2) is 0 Å². The van der Waals surface area contributed by atoms with Gasteiger partial charge in [0.25, 0.3) is 0 Å². The molecule has 1 unspecified atom stereocenters. The molecule has 3 N–H and O–H groups in total. The summed E-state index contributed by atoms with van der Waals surface area (Å²) in [6.45, 7) is 2.16. The minimum absolute atomic E-state index is 0.186. The van der Waals surface area contributed by atoms with Crippen LogP contribution in [-0.2, 0) is 32.7 Å². The lowest BCUT2D eigenvalue weighted by molar-refractivity contribution is -0.161. The van der Waals surface area contributed by atoms with E-state index in [1.807, 2.05) is 0 Å². The maximum absolute atomic E-state index is 12.2. The number of aliphatic hydroxyl groups excluding tert-OH is 2. The molecule has 0 aliphatic carbocycles. The van der Waals surface area contributed by atoms with Crippen LogP contribution in [0.1, 0.15) is 104 Å². The fourth-order valence-electron chi connectivity index (χ4n) is 3.17. The van der Waals surface area contributed by atoms with Crippen molar-refractivity contribution in [2.24, 2.45) is 0 Å². The smallest absolute Gasteiger partial charge is 0.462 e. The third kappa shape index (κ3) is 21.9. The predicted octanol–water partition coefficient (Wildman–Crippen LogP) is 4.43. The largest absolute Gasteiger partial charge is 0.472 e. The van der Waals surface area contributed by atoms with Crippen molar-refractivity contribution < 1.29 is 47.8 Å². The molecular formula is C24H47O10P. The fraction of sp³-hybridized carbons (Fsp3) is 0.917. The highest BCUT2D eigenvalue weighted by molar-refractivity contribution is 7.47. The summed E-state index contributed by atoms with van der Waals surface area (Å²) < 4.78 is 32.0. The van der Waals surface area contributed by atoms with Gasteiger partial charge in [0.05, 0.1) is 19.8 Å². The molecule has 35 heavy (non-hydrogen) atoms. The summed E-state index contributed by atoms with van der Waals surface area (Å²) >= 11 is 0. The van der Waals surface area contributed by atoms with E-state index >= 15 is 0 Å². The summed E-state index contributed by atoms with van der Waals surface area (Å²) in [5.41, 5.74) is 0. The van der Waals surface area contributed by atoms with Crippen molar-refractivity contribution >= 4 is 19.8 Å². The van der Waals surface area contributed by atoms with E-state index in [1.54, 1.807) is 0 Å². The molecule has 0 fully saturated rings. The first kappa shape index (κ1) is 34.0. The number of unbranched alkanes of at least 4 members (excludes halogenated alkanes) is 10. The highest BCUT2D eigenvalue weighted by atomic mass is 31.2. The second kappa shape index (κ2) is 22.2. The zero-order valence-electron chi connectivity index (χ0n) is 21.5. The van der Waals surface area contributed by atoms with Crippen LogP contribution in [-0.4, -0.2) is 65.7 Å². The quantitative estimate of drug-likeness (QED) is 0.0936. The Morgan fingerprint density at radius 3 is 1.77 bits per heavy atom. The van der Waals surface area contributed by atoms with E-state index in [2.05, 4.69) is 18.4 Å². The molecule has 0 heterocycles. The Morgan fingerprint density at radius 1 is 0.743 bits per heavy atom. The molecule has 0 bridgehead atoms. The number of carbonyl (C=O) groups excluding carboxylic acids is 2. The Hall–Kier alpha value is -1.03. The number of rotatable bonds is 24. The summed E-state index contributed by atoms with van der Waals surface area (Å²) in [4.78, 5) is 34.0. The van der Waals surface area contributed by atoms with Gasteiger partial charge < -0.3 is 24.6 Å². The van der Waals surface area contributed by atoms with Gasteiger partial charge in [0.15, 0.2) is 6.10 Å². The molecule has 11 heteroatoms. The van der Waals surface area contributed by atoms with Gasteiger partial charge in [0, 0.05) is 12.8 Å². The fourth-order valence-corrected chi connectivity index (χ4v) is 3.96. The van der Waals surface area contributed by atoms with E-state index < -0.39 is 51.8 Å². The number of hydrogen-bond acceptors (Lipinski definition) is 9. The molecule has 208 valence electrons. The maximum atomic E-state index is 12.2. The van der Waals surface area contributed by atoms with Crippen LogP contribution < -0.4 is 0 Å². The highest BCUT2D eigenvalue weighted by Gasteiger charge is 2.27. The van der Waals surface area contributed by atoms with Gasteiger partial charge in [0.1, 0.15) is 12.7 Å². The van der Waals surface area contributed by atoms with Gasteiger partial charge in [-0.15, -0.1) is 0 Å². The number of esters is 2. The van der Waals surface area contributed by atoms with Crippen LogP contribution >= 0.6 is 7.82 Å². The molecule has 0 saturated carbocycles. The molecule has 0 amide bonds. The van der Waals surface area contributed by atoms with Crippen molar-refractivity contribution in [1.29, 1.82) is 0 Å². The lowest BCUT2D eigenvalue weighted by Gasteiger charge is -2.20. The van der Waals surface area contributed by atoms with Crippen molar-refractivity contribution in [2.45, 2.75) is 116 Å². The number of phosphoric acid groups is 1. The van der Waals surface area contributed by atoms with Gasteiger partial charge in [-0.05, 0) is 12.8 Å². The number of carbonyl (C=O) groups is 2. The number of phosphoric ester groups is 1.